The van der Waals surface area contributed by atoms with E-state index < -0.39 is 0 Å². The van der Waals surface area contributed by atoms with Crippen LogP contribution in [0.2, 0.25) is 0 Å². The predicted octanol–water partition coefficient (Wildman–Crippen LogP) is 5.14. The second-order valence-corrected chi connectivity index (χ2v) is 10.4. The number of likely N-dealkylation sites (tertiary alicyclic amines) is 1. The van der Waals surface area contributed by atoms with E-state index in [0.29, 0.717) is 13.1 Å². The van der Waals surface area contributed by atoms with E-state index in [9.17, 15) is 9.59 Å². The van der Waals surface area contributed by atoms with Gasteiger partial charge < -0.3 is 9.80 Å². The first-order valence-corrected chi connectivity index (χ1v) is 12.6. The Hall–Kier alpha value is -2.44. The highest BCUT2D eigenvalue weighted by Gasteiger charge is 2.38. The minimum atomic E-state index is -0.0106. The van der Waals surface area contributed by atoms with Gasteiger partial charge in [-0.05, 0) is 66.3 Å². The Labute approximate surface area is 191 Å². The molecular formula is C25H26N2O2S2. The van der Waals surface area contributed by atoms with Crippen molar-refractivity contribution >= 4 is 34.5 Å². The van der Waals surface area contributed by atoms with Crippen LogP contribution >= 0.6 is 22.7 Å². The van der Waals surface area contributed by atoms with Crippen LogP contribution in [0.5, 0.6) is 0 Å². The summed E-state index contributed by atoms with van der Waals surface area (Å²) in [4.78, 5) is 33.2. The highest BCUT2D eigenvalue weighted by atomic mass is 32.1. The molecule has 0 unspecified atom stereocenters. The van der Waals surface area contributed by atoms with Gasteiger partial charge in [0.2, 0.25) is 5.91 Å². The average molecular weight is 451 g/mol. The van der Waals surface area contributed by atoms with E-state index in [1.54, 1.807) is 22.7 Å². The van der Waals surface area contributed by atoms with Crippen LogP contribution in [0.15, 0.2) is 53.2 Å². The molecule has 0 aliphatic carbocycles. The molecule has 0 radical (unpaired) electrons. The van der Waals surface area contributed by atoms with Crippen LogP contribution in [0.4, 0.5) is 0 Å². The van der Waals surface area contributed by atoms with E-state index in [0.717, 1.165) is 36.9 Å². The van der Waals surface area contributed by atoms with E-state index in [2.05, 4.69) is 33.9 Å². The van der Waals surface area contributed by atoms with Crippen molar-refractivity contribution in [1.29, 1.82) is 0 Å². The molecule has 2 aliphatic rings. The highest BCUT2D eigenvalue weighted by Crippen LogP contribution is 2.40. The number of benzene rings is 1. The number of carbonyl (C=O) groups excluding carboxylic acids is 2. The predicted molar refractivity (Wildman–Crippen MR) is 126 cm³/mol. The van der Waals surface area contributed by atoms with Crippen molar-refractivity contribution in [1.82, 2.24) is 9.80 Å². The number of hydrogen-bond acceptors (Lipinski definition) is 4. The number of carbonyl (C=O) groups is 2. The van der Waals surface area contributed by atoms with E-state index in [-0.39, 0.29) is 23.8 Å². The van der Waals surface area contributed by atoms with Crippen LogP contribution in [-0.4, -0.2) is 41.2 Å². The van der Waals surface area contributed by atoms with Gasteiger partial charge in [-0.25, -0.2) is 0 Å². The van der Waals surface area contributed by atoms with Crippen LogP contribution in [0, 0.1) is 12.8 Å². The molecule has 1 aromatic carbocycles. The summed E-state index contributed by atoms with van der Waals surface area (Å²) in [5.41, 5.74) is 3.06. The minimum Gasteiger partial charge on any atom is -0.339 e. The Morgan fingerprint density at radius 2 is 1.74 bits per heavy atom. The molecule has 1 fully saturated rings. The second-order valence-electron chi connectivity index (χ2n) is 8.38. The molecule has 0 spiro atoms. The fourth-order valence-corrected chi connectivity index (χ4v) is 6.61. The maximum Gasteiger partial charge on any atom is 0.254 e. The van der Waals surface area contributed by atoms with Gasteiger partial charge in [-0.1, -0.05) is 24.3 Å². The largest absolute Gasteiger partial charge is 0.339 e. The summed E-state index contributed by atoms with van der Waals surface area (Å²) in [5.74, 6) is 0.322. The smallest absolute Gasteiger partial charge is 0.254 e. The molecule has 0 bridgehead atoms. The second kappa shape index (κ2) is 8.60. The number of nitrogens with zero attached hydrogens (tertiary/aromatic N) is 2. The summed E-state index contributed by atoms with van der Waals surface area (Å²) in [6.07, 6.45) is 2.41. The van der Waals surface area contributed by atoms with Crippen molar-refractivity contribution in [3.63, 3.8) is 0 Å². The van der Waals surface area contributed by atoms with Crippen molar-refractivity contribution in [2.45, 2.75) is 32.2 Å². The van der Waals surface area contributed by atoms with Crippen LogP contribution in [0.1, 0.15) is 50.1 Å². The summed E-state index contributed by atoms with van der Waals surface area (Å²) in [6.45, 7) is 4.04. The summed E-state index contributed by atoms with van der Waals surface area (Å²) in [6, 6.07) is 14.2. The van der Waals surface area contributed by atoms with Gasteiger partial charge in [-0.15, -0.1) is 22.7 Å². The molecule has 2 aliphatic heterocycles. The van der Waals surface area contributed by atoms with Gasteiger partial charge >= 0.3 is 0 Å². The van der Waals surface area contributed by atoms with Crippen LogP contribution in [0.3, 0.4) is 0 Å². The van der Waals surface area contributed by atoms with E-state index in [1.165, 1.54) is 15.3 Å². The Bertz CT molecular complexity index is 1080. The number of piperidine rings is 1. The van der Waals surface area contributed by atoms with E-state index >= 15 is 0 Å². The zero-order chi connectivity index (χ0) is 21.4. The summed E-state index contributed by atoms with van der Waals surface area (Å²) in [7, 11) is 0. The molecule has 5 rings (SSSR count). The van der Waals surface area contributed by atoms with Crippen LogP contribution < -0.4 is 0 Å². The molecule has 31 heavy (non-hydrogen) atoms. The molecule has 1 saturated heterocycles. The lowest BCUT2D eigenvalue weighted by Gasteiger charge is -2.40. The number of hydrogen-bond donors (Lipinski definition) is 0. The third-order valence-electron chi connectivity index (χ3n) is 6.57. The minimum absolute atomic E-state index is 0.0106. The average Bonchev–Trinajstić information content (AvgIpc) is 3.50. The Kier molecular flexibility index (Phi) is 5.67. The first-order chi connectivity index (χ1) is 15.1. The Morgan fingerprint density at radius 3 is 2.48 bits per heavy atom. The van der Waals surface area contributed by atoms with Crippen molar-refractivity contribution in [3.05, 3.63) is 79.7 Å². The third kappa shape index (κ3) is 3.83. The summed E-state index contributed by atoms with van der Waals surface area (Å²) >= 11 is 3.53. The topological polar surface area (TPSA) is 40.6 Å². The van der Waals surface area contributed by atoms with Crippen molar-refractivity contribution in [2.24, 2.45) is 5.92 Å². The summed E-state index contributed by atoms with van der Waals surface area (Å²) < 4.78 is 0. The molecule has 4 nitrogen and oxygen atoms in total. The zero-order valence-electron chi connectivity index (χ0n) is 17.6. The number of thiophene rings is 2. The fraction of sp³-hybridized carbons (Fsp3) is 0.360. The van der Waals surface area contributed by atoms with Crippen molar-refractivity contribution < 1.29 is 9.59 Å². The monoisotopic (exact) mass is 450 g/mol. The van der Waals surface area contributed by atoms with Gasteiger partial charge in [-0.3, -0.25) is 9.59 Å². The van der Waals surface area contributed by atoms with Crippen LogP contribution in [0.25, 0.3) is 0 Å². The first kappa shape index (κ1) is 20.5. The van der Waals surface area contributed by atoms with E-state index in [1.807, 2.05) is 36.1 Å². The highest BCUT2D eigenvalue weighted by molar-refractivity contribution is 7.10. The molecule has 2 amide bonds. The van der Waals surface area contributed by atoms with Crippen LogP contribution in [-0.2, 0) is 11.2 Å². The molecule has 0 saturated carbocycles. The lowest BCUT2D eigenvalue weighted by molar-refractivity contribution is -0.139. The Balaban J connectivity index is 1.30. The zero-order valence-corrected chi connectivity index (χ0v) is 19.3. The van der Waals surface area contributed by atoms with E-state index in [4.69, 9.17) is 0 Å². The number of fused-ring (bicyclic) bond motifs is 1. The Morgan fingerprint density at radius 1 is 0.935 bits per heavy atom. The SMILES string of the molecule is Cc1ccccc1C(=O)N1CCC(C(=O)N2CCc3sccc3[C@@H]2c2cccs2)CC1. The molecule has 2 aromatic heterocycles. The maximum absolute atomic E-state index is 13.6. The molecule has 160 valence electrons. The number of amides is 2. The summed E-state index contributed by atoms with van der Waals surface area (Å²) in [5, 5.41) is 4.24. The van der Waals surface area contributed by atoms with Gasteiger partial charge in [0.15, 0.2) is 0 Å². The first-order valence-electron chi connectivity index (χ1n) is 10.9. The fourth-order valence-electron chi connectivity index (χ4n) is 4.85. The molecular weight excluding hydrogens is 424 g/mol. The lowest BCUT2D eigenvalue weighted by Crippen LogP contribution is -2.47. The normalized spacial score (nSPS) is 19.3. The molecule has 1 atom stereocenters. The lowest BCUT2D eigenvalue weighted by atomic mass is 9.91. The quantitative estimate of drug-likeness (QED) is 0.554. The number of rotatable bonds is 3. The number of aryl methyl sites for hydroxylation is 1. The molecule has 4 heterocycles. The molecule has 6 heteroatoms. The van der Waals surface area contributed by atoms with Gasteiger partial charge in [0.1, 0.15) is 0 Å². The van der Waals surface area contributed by atoms with Gasteiger partial charge in [-0.2, -0.15) is 0 Å². The standard InChI is InChI=1S/C25H26N2O2S2/c1-17-5-2-3-6-19(17)25(29)26-12-8-18(9-13-26)24(28)27-14-10-21-20(11-16-31-21)23(27)22-7-4-15-30-22/h2-7,11,15-16,18,23H,8-10,12-14H2,1H3/t23-/m1/s1. The van der Waals surface area contributed by atoms with Crippen molar-refractivity contribution in [2.75, 3.05) is 19.6 Å². The van der Waals surface area contributed by atoms with Gasteiger partial charge in [0.05, 0.1) is 6.04 Å². The van der Waals surface area contributed by atoms with Gasteiger partial charge in [0.25, 0.3) is 5.91 Å². The molecule has 0 N–H and O–H groups in total. The van der Waals surface area contributed by atoms with Gasteiger partial charge in [0, 0.05) is 40.9 Å². The van der Waals surface area contributed by atoms with Crippen molar-refractivity contribution in [3.8, 4) is 0 Å². The third-order valence-corrected chi connectivity index (χ3v) is 8.49. The molecule has 3 aromatic rings. The maximum atomic E-state index is 13.6.